The van der Waals surface area contributed by atoms with Gasteiger partial charge >= 0.3 is 0 Å². The van der Waals surface area contributed by atoms with Gasteiger partial charge in [0.1, 0.15) is 0 Å². The van der Waals surface area contributed by atoms with E-state index in [0.29, 0.717) is 5.92 Å². The van der Waals surface area contributed by atoms with Crippen molar-refractivity contribution in [3.8, 4) is 0 Å². The zero-order valence-electron chi connectivity index (χ0n) is 10.4. The average Bonchev–Trinajstić information content (AvgIpc) is 2.17. The fourth-order valence-electron chi connectivity index (χ4n) is 1.77. The summed E-state index contributed by atoms with van der Waals surface area (Å²) in [6, 6.07) is 8.18. The van der Waals surface area contributed by atoms with Gasteiger partial charge in [0, 0.05) is 0 Å². The molecule has 0 aliphatic rings. The normalized spacial score (nSPS) is 15.7. The minimum atomic E-state index is -0.735. The number of aliphatic hydroxyl groups is 1. The SMILES string of the molecule is CC(C)c1ccccc1C(C)(O)C(C)C. The summed E-state index contributed by atoms with van der Waals surface area (Å²) in [5.74, 6) is 0.670. The highest BCUT2D eigenvalue weighted by atomic mass is 16.3. The van der Waals surface area contributed by atoms with Gasteiger partial charge < -0.3 is 5.11 Å². The van der Waals surface area contributed by atoms with Crippen LogP contribution in [0.1, 0.15) is 51.7 Å². The molecule has 1 heteroatoms. The second-order valence-corrected chi connectivity index (χ2v) is 5.04. The number of rotatable bonds is 3. The predicted molar refractivity (Wildman–Crippen MR) is 64.9 cm³/mol. The van der Waals surface area contributed by atoms with Gasteiger partial charge in [-0.25, -0.2) is 0 Å². The molecule has 0 aromatic heterocycles. The van der Waals surface area contributed by atoms with Crippen molar-refractivity contribution in [2.75, 3.05) is 0 Å². The highest BCUT2D eigenvalue weighted by molar-refractivity contribution is 5.34. The zero-order valence-corrected chi connectivity index (χ0v) is 10.4. The molecule has 1 N–H and O–H groups in total. The van der Waals surface area contributed by atoms with Crippen LogP contribution < -0.4 is 0 Å². The lowest BCUT2D eigenvalue weighted by molar-refractivity contribution is 0.00802. The van der Waals surface area contributed by atoms with Crippen molar-refractivity contribution in [3.63, 3.8) is 0 Å². The molecule has 0 spiro atoms. The average molecular weight is 206 g/mol. The van der Waals surface area contributed by atoms with Crippen LogP contribution in [-0.4, -0.2) is 5.11 Å². The summed E-state index contributed by atoms with van der Waals surface area (Å²) in [6.07, 6.45) is 0. The molecule has 0 saturated heterocycles. The molecule has 0 radical (unpaired) electrons. The van der Waals surface area contributed by atoms with Crippen LogP contribution >= 0.6 is 0 Å². The molecule has 1 rings (SSSR count). The molecule has 1 aromatic rings. The fraction of sp³-hybridized carbons (Fsp3) is 0.571. The Morgan fingerprint density at radius 2 is 1.60 bits per heavy atom. The summed E-state index contributed by atoms with van der Waals surface area (Å²) in [7, 11) is 0. The third-order valence-corrected chi connectivity index (χ3v) is 3.25. The standard InChI is InChI=1S/C14H22O/c1-10(2)12-8-6-7-9-13(12)14(5,15)11(3)4/h6-11,15H,1-5H3. The highest BCUT2D eigenvalue weighted by Gasteiger charge is 2.29. The molecule has 1 atom stereocenters. The minimum Gasteiger partial charge on any atom is -0.385 e. The van der Waals surface area contributed by atoms with Gasteiger partial charge in [-0.05, 0) is 29.9 Å². The Balaban J connectivity index is 3.24. The van der Waals surface area contributed by atoms with Crippen LogP contribution in [0.3, 0.4) is 0 Å². The Hall–Kier alpha value is -0.820. The summed E-state index contributed by atoms with van der Waals surface area (Å²) >= 11 is 0. The number of hydrogen-bond donors (Lipinski definition) is 1. The Kier molecular flexibility index (Phi) is 3.56. The smallest absolute Gasteiger partial charge is 0.0894 e. The van der Waals surface area contributed by atoms with Crippen LogP contribution in [0.5, 0.6) is 0 Å². The maximum absolute atomic E-state index is 10.5. The largest absolute Gasteiger partial charge is 0.385 e. The van der Waals surface area contributed by atoms with Crippen molar-refractivity contribution in [1.82, 2.24) is 0 Å². The first-order valence-corrected chi connectivity index (χ1v) is 5.69. The lowest BCUT2D eigenvalue weighted by Gasteiger charge is -2.31. The van der Waals surface area contributed by atoms with Gasteiger partial charge in [0.2, 0.25) is 0 Å². The van der Waals surface area contributed by atoms with E-state index in [-0.39, 0.29) is 5.92 Å². The Labute approximate surface area is 93.1 Å². The van der Waals surface area contributed by atoms with Gasteiger partial charge in [-0.2, -0.15) is 0 Å². The molecular formula is C14H22O. The molecule has 15 heavy (non-hydrogen) atoms. The maximum Gasteiger partial charge on any atom is 0.0894 e. The summed E-state index contributed by atoms with van der Waals surface area (Å²) in [5.41, 5.74) is 1.58. The van der Waals surface area contributed by atoms with Crippen LogP contribution in [0, 0.1) is 5.92 Å². The maximum atomic E-state index is 10.5. The molecule has 1 unspecified atom stereocenters. The molecule has 1 nitrogen and oxygen atoms in total. The van der Waals surface area contributed by atoms with Crippen LogP contribution in [0.25, 0.3) is 0 Å². The molecule has 0 amide bonds. The molecule has 0 heterocycles. The molecule has 0 aliphatic heterocycles. The molecule has 0 aliphatic carbocycles. The second kappa shape index (κ2) is 4.36. The number of benzene rings is 1. The first-order valence-electron chi connectivity index (χ1n) is 5.69. The lowest BCUT2D eigenvalue weighted by atomic mass is 9.80. The van der Waals surface area contributed by atoms with Gasteiger partial charge in [0.25, 0.3) is 0 Å². The molecule has 84 valence electrons. The van der Waals surface area contributed by atoms with E-state index in [4.69, 9.17) is 0 Å². The second-order valence-electron chi connectivity index (χ2n) is 5.04. The van der Waals surface area contributed by atoms with E-state index in [1.165, 1.54) is 5.56 Å². The molecule has 0 fully saturated rings. The topological polar surface area (TPSA) is 20.2 Å². The first kappa shape index (κ1) is 12.3. The van der Waals surface area contributed by atoms with Gasteiger partial charge in [-0.1, -0.05) is 52.0 Å². The van der Waals surface area contributed by atoms with Gasteiger partial charge in [-0.15, -0.1) is 0 Å². The monoisotopic (exact) mass is 206 g/mol. The Morgan fingerprint density at radius 1 is 1.07 bits per heavy atom. The molecule has 0 bridgehead atoms. The quantitative estimate of drug-likeness (QED) is 0.800. The minimum absolute atomic E-state index is 0.220. The van der Waals surface area contributed by atoms with Crippen molar-refractivity contribution >= 4 is 0 Å². The van der Waals surface area contributed by atoms with Crippen LogP contribution in [0.4, 0.5) is 0 Å². The Bertz CT molecular complexity index is 324. The molecule has 1 aromatic carbocycles. The van der Waals surface area contributed by atoms with Crippen LogP contribution in [0.2, 0.25) is 0 Å². The first-order chi connectivity index (χ1) is 6.87. The van der Waals surface area contributed by atoms with Crippen LogP contribution in [0.15, 0.2) is 24.3 Å². The lowest BCUT2D eigenvalue weighted by Crippen LogP contribution is -2.29. The van der Waals surface area contributed by atoms with Crippen molar-refractivity contribution in [1.29, 1.82) is 0 Å². The summed E-state index contributed by atoms with van der Waals surface area (Å²) in [4.78, 5) is 0. The highest BCUT2D eigenvalue weighted by Crippen LogP contribution is 2.34. The van der Waals surface area contributed by atoms with Gasteiger partial charge in [-0.3, -0.25) is 0 Å². The van der Waals surface area contributed by atoms with Crippen molar-refractivity contribution in [2.24, 2.45) is 5.92 Å². The van der Waals surface area contributed by atoms with E-state index in [0.717, 1.165) is 5.56 Å². The van der Waals surface area contributed by atoms with Crippen LogP contribution in [-0.2, 0) is 5.60 Å². The van der Waals surface area contributed by atoms with E-state index >= 15 is 0 Å². The predicted octanol–water partition coefficient (Wildman–Crippen LogP) is 3.67. The summed E-state index contributed by atoms with van der Waals surface area (Å²) < 4.78 is 0. The van der Waals surface area contributed by atoms with Gasteiger partial charge in [0.15, 0.2) is 0 Å². The fourth-order valence-corrected chi connectivity index (χ4v) is 1.77. The summed E-state index contributed by atoms with van der Waals surface area (Å²) in [5, 5.41) is 10.5. The van der Waals surface area contributed by atoms with E-state index in [1.54, 1.807) is 0 Å². The van der Waals surface area contributed by atoms with E-state index < -0.39 is 5.60 Å². The van der Waals surface area contributed by atoms with Crippen molar-refractivity contribution < 1.29 is 5.11 Å². The third-order valence-electron chi connectivity index (χ3n) is 3.25. The van der Waals surface area contributed by atoms with Crippen molar-refractivity contribution in [3.05, 3.63) is 35.4 Å². The summed E-state index contributed by atoms with van der Waals surface area (Å²) in [6.45, 7) is 10.3. The van der Waals surface area contributed by atoms with E-state index in [9.17, 15) is 5.11 Å². The van der Waals surface area contributed by atoms with Gasteiger partial charge in [0.05, 0.1) is 5.60 Å². The molecular weight excluding hydrogens is 184 g/mol. The van der Waals surface area contributed by atoms with Crippen molar-refractivity contribution in [2.45, 2.75) is 46.1 Å². The Morgan fingerprint density at radius 3 is 2.07 bits per heavy atom. The number of hydrogen-bond acceptors (Lipinski definition) is 1. The zero-order chi connectivity index (χ0) is 11.6. The third kappa shape index (κ3) is 2.40. The van der Waals surface area contributed by atoms with E-state index in [1.807, 2.05) is 25.1 Å². The molecule has 0 saturated carbocycles. The van der Waals surface area contributed by atoms with E-state index in [2.05, 4.69) is 33.8 Å².